The predicted octanol–water partition coefficient (Wildman–Crippen LogP) is 4.40. The van der Waals surface area contributed by atoms with Crippen LogP contribution in [-0.4, -0.2) is 19.4 Å². The van der Waals surface area contributed by atoms with Crippen molar-refractivity contribution in [2.75, 3.05) is 19.4 Å². The molecule has 0 spiro atoms. The molecule has 0 saturated carbocycles. The quantitative estimate of drug-likeness (QED) is 0.678. The van der Waals surface area contributed by atoms with Crippen LogP contribution < -0.4 is 10.1 Å². The Hall–Kier alpha value is -0.670. The van der Waals surface area contributed by atoms with E-state index >= 15 is 0 Å². The van der Waals surface area contributed by atoms with E-state index in [0.717, 1.165) is 18.0 Å². The molecule has 1 aromatic rings. The monoisotopic (exact) mass is 281 g/mol. The van der Waals surface area contributed by atoms with Crippen molar-refractivity contribution in [3.05, 3.63) is 29.3 Å². The standard InChI is InChI=1S/C16H27NOS/c1-5-7-10-19-12-15-11-14(13(3)17-6-2)8-9-16(15)18-4/h8-9,11,13,17H,5-7,10,12H2,1-4H3. The number of rotatable bonds is 9. The smallest absolute Gasteiger partial charge is 0.122 e. The molecule has 0 bridgehead atoms. The Morgan fingerprint density at radius 3 is 2.74 bits per heavy atom. The fraction of sp³-hybridized carbons (Fsp3) is 0.625. The van der Waals surface area contributed by atoms with Gasteiger partial charge in [-0.15, -0.1) is 0 Å². The molecule has 1 aromatic carbocycles. The lowest BCUT2D eigenvalue weighted by Gasteiger charge is -2.16. The van der Waals surface area contributed by atoms with Crippen LogP contribution in [0, 0.1) is 0 Å². The molecular formula is C16H27NOS. The fourth-order valence-electron chi connectivity index (χ4n) is 2.03. The van der Waals surface area contributed by atoms with Gasteiger partial charge in [0.15, 0.2) is 0 Å². The van der Waals surface area contributed by atoms with Gasteiger partial charge in [0.05, 0.1) is 7.11 Å². The van der Waals surface area contributed by atoms with E-state index in [4.69, 9.17) is 4.74 Å². The summed E-state index contributed by atoms with van der Waals surface area (Å²) in [5, 5.41) is 3.46. The molecule has 0 aliphatic rings. The first-order valence-corrected chi connectivity index (χ1v) is 8.36. The van der Waals surface area contributed by atoms with Crippen LogP contribution in [0.5, 0.6) is 5.75 Å². The average molecular weight is 281 g/mol. The zero-order chi connectivity index (χ0) is 14.1. The number of thioether (sulfide) groups is 1. The second-order valence-electron chi connectivity index (χ2n) is 4.76. The van der Waals surface area contributed by atoms with Gasteiger partial charge >= 0.3 is 0 Å². The van der Waals surface area contributed by atoms with E-state index < -0.39 is 0 Å². The summed E-state index contributed by atoms with van der Waals surface area (Å²) in [7, 11) is 1.75. The van der Waals surface area contributed by atoms with E-state index in [9.17, 15) is 0 Å². The third-order valence-corrected chi connectivity index (χ3v) is 4.31. The number of methoxy groups -OCH3 is 1. The van der Waals surface area contributed by atoms with Gasteiger partial charge in [-0.25, -0.2) is 0 Å². The molecule has 1 rings (SSSR count). The van der Waals surface area contributed by atoms with E-state index in [-0.39, 0.29) is 0 Å². The van der Waals surface area contributed by atoms with Gasteiger partial charge in [-0.2, -0.15) is 11.8 Å². The third-order valence-electron chi connectivity index (χ3n) is 3.21. The topological polar surface area (TPSA) is 21.3 Å². The maximum Gasteiger partial charge on any atom is 0.122 e. The lowest BCUT2D eigenvalue weighted by atomic mass is 10.0. The van der Waals surface area contributed by atoms with E-state index in [1.54, 1.807) is 7.11 Å². The number of hydrogen-bond acceptors (Lipinski definition) is 3. The minimum absolute atomic E-state index is 0.398. The van der Waals surface area contributed by atoms with Crippen LogP contribution in [0.4, 0.5) is 0 Å². The summed E-state index contributed by atoms with van der Waals surface area (Å²) >= 11 is 1.99. The summed E-state index contributed by atoms with van der Waals surface area (Å²) < 4.78 is 5.46. The van der Waals surface area contributed by atoms with Gasteiger partial charge in [0.2, 0.25) is 0 Å². The first kappa shape index (κ1) is 16.4. The minimum Gasteiger partial charge on any atom is -0.496 e. The maximum absolute atomic E-state index is 5.46. The van der Waals surface area contributed by atoms with Crippen molar-refractivity contribution in [3.8, 4) is 5.75 Å². The molecule has 0 fully saturated rings. The molecule has 19 heavy (non-hydrogen) atoms. The van der Waals surface area contributed by atoms with Gasteiger partial charge in [0, 0.05) is 17.4 Å². The van der Waals surface area contributed by atoms with Gasteiger partial charge in [0.25, 0.3) is 0 Å². The SMILES string of the molecule is CCCCSCc1cc(C(C)NCC)ccc1OC. The van der Waals surface area contributed by atoms with Gasteiger partial charge in [-0.3, -0.25) is 0 Å². The first-order chi connectivity index (χ1) is 9.22. The van der Waals surface area contributed by atoms with Crippen molar-refractivity contribution in [3.63, 3.8) is 0 Å². The lowest BCUT2D eigenvalue weighted by Crippen LogP contribution is -2.17. The summed E-state index contributed by atoms with van der Waals surface area (Å²) in [5.74, 6) is 3.28. The lowest BCUT2D eigenvalue weighted by molar-refractivity contribution is 0.411. The second kappa shape index (κ2) is 9.27. The van der Waals surface area contributed by atoms with Crippen LogP contribution >= 0.6 is 11.8 Å². The molecule has 0 amide bonds. The normalized spacial score (nSPS) is 12.4. The number of hydrogen-bond donors (Lipinski definition) is 1. The Morgan fingerprint density at radius 1 is 1.32 bits per heavy atom. The molecule has 1 atom stereocenters. The Labute approximate surface area is 122 Å². The molecule has 0 aromatic heterocycles. The molecule has 0 aliphatic heterocycles. The van der Waals surface area contributed by atoms with E-state index in [1.807, 2.05) is 11.8 Å². The summed E-state index contributed by atoms with van der Waals surface area (Å²) in [6, 6.07) is 6.94. The van der Waals surface area contributed by atoms with Crippen LogP contribution in [0.25, 0.3) is 0 Å². The largest absolute Gasteiger partial charge is 0.496 e. The molecular weight excluding hydrogens is 254 g/mol. The van der Waals surface area contributed by atoms with E-state index in [2.05, 4.69) is 44.3 Å². The van der Waals surface area contributed by atoms with Crippen LogP contribution in [0.3, 0.4) is 0 Å². The Morgan fingerprint density at radius 2 is 2.11 bits per heavy atom. The minimum atomic E-state index is 0.398. The Balaban J connectivity index is 2.72. The number of unbranched alkanes of at least 4 members (excludes halogenated alkanes) is 1. The first-order valence-electron chi connectivity index (χ1n) is 7.20. The highest BCUT2D eigenvalue weighted by Crippen LogP contribution is 2.27. The molecule has 0 heterocycles. The fourth-order valence-corrected chi connectivity index (χ4v) is 3.12. The highest BCUT2D eigenvalue weighted by atomic mass is 32.2. The molecule has 0 radical (unpaired) electrons. The Kier molecular flexibility index (Phi) is 7.99. The van der Waals surface area contributed by atoms with Crippen LogP contribution in [-0.2, 0) is 5.75 Å². The highest BCUT2D eigenvalue weighted by Gasteiger charge is 2.09. The molecule has 1 unspecified atom stereocenters. The van der Waals surface area contributed by atoms with Crippen molar-refractivity contribution in [1.29, 1.82) is 0 Å². The Bertz CT molecular complexity index is 368. The van der Waals surface area contributed by atoms with Gasteiger partial charge in [-0.1, -0.05) is 26.3 Å². The van der Waals surface area contributed by atoms with Gasteiger partial charge < -0.3 is 10.1 Å². The number of benzene rings is 1. The molecule has 2 nitrogen and oxygen atoms in total. The summed E-state index contributed by atoms with van der Waals surface area (Å²) in [4.78, 5) is 0. The van der Waals surface area contributed by atoms with Crippen molar-refractivity contribution < 1.29 is 4.74 Å². The van der Waals surface area contributed by atoms with E-state index in [0.29, 0.717) is 6.04 Å². The van der Waals surface area contributed by atoms with Crippen LogP contribution in [0.2, 0.25) is 0 Å². The number of nitrogens with one attached hydrogen (secondary N) is 1. The summed E-state index contributed by atoms with van der Waals surface area (Å²) in [6.45, 7) is 7.58. The molecule has 1 N–H and O–H groups in total. The molecule has 0 saturated heterocycles. The molecule has 0 aliphatic carbocycles. The zero-order valence-electron chi connectivity index (χ0n) is 12.7. The van der Waals surface area contributed by atoms with Crippen molar-refractivity contribution in [1.82, 2.24) is 5.32 Å². The number of ether oxygens (including phenoxy) is 1. The average Bonchev–Trinajstić information content (AvgIpc) is 2.43. The summed E-state index contributed by atoms with van der Waals surface area (Å²) in [6.07, 6.45) is 2.56. The summed E-state index contributed by atoms with van der Waals surface area (Å²) in [5.41, 5.74) is 2.65. The molecule has 3 heteroatoms. The van der Waals surface area contributed by atoms with Crippen molar-refractivity contribution in [2.24, 2.45) is 0 Å². The molecule has 108 valence electrons. The zero-order valence-corrected chi connectivity index (χ0v) is 13.5. The van der Waals surface area contributed by atoms with E-state index in [1.165, 1.54) is 29.7 Å². The van der Waals surface area contributed by atoms with Crippen LogP contribution in [0.1, 0.15) is 50.8 Å². The third kappa shape index (κ3) is 5.45. The van der Waals surface area contributed by atoms with Crippen LogP contribution in [0.15, 0.2) is 18.2 Å². The second-order valence-corrected chi connectivity index (χ2v) is 5.86. The maximum atomic E-state index is 5.46. The van der Waals surface area contributed by atoms with Gasteiger partial charge in [0.1, 0.15) is 5.75 Å². The van der Waals surface area contributed by atoms with Crippen molar-refractivity contribution >= 4 is 11.8 Å². The highest BCUT2D eigenvalue weighted by molar-refractivity contribution is 7.98. The van der Waals surface area contributed by atoms with Gasteiger partial charge in [-0.05, 0) is 43.3 Å². The predicted molar refractivity (Wildman–Crippen MR) is 86.2 cm³/mol. The van der Waals surface area contributed by atoms with Crippen molar-refractivity contribution in [2.45, 2.75) is 45.4 Å².